The largest absolute Gasteiger partial charge is 0.399 e. The number of nitrogen functional groups attached to an aromatic ring is 1. The number of carbonyl (C=O) groups is 1. The van der Waals surface area contributed by atoms with Crippen LogP contribution in [0, 0.1) is 5.92 Å². The summed E-state index contributed by atoms with van der Waals surface area (Å²) in [5.41, 5.74) is 7.83. The van der Waals surface area contributed by atoms with E-state index in [-0.39, 0.29) is 30.7 Å². The molecule has 1 aliphatic rings. The standard InChI is InChI=1S/C22H30N4O.2ClH/c1-2-25(22(27)11-10-19-7-3-4-8-20(19)23)17-18-12-15-26(16-13-18)21-9-5-6-14-24-21;;/h3-9,14,18H,2,10-13,15-17,23H2,1H3;2*1H. The quantitative estimate of drug-likeness (QED) is 0.657. The zero-order valence-electron chi connectivity index (χ0n) is 17.0. The molecule has 2 heterocycles. The van der Waals surface area contributed by atoms with E-state index in [2.05, 4.69) is 22.9 Å². The summed E-state index contributed by atoms with van der Waals surface area (Å²) in [6.07, 6.45) is 5.28. The minimum absolute atomic E-state index is 0. The Morgan fingerprint density at radius 1 is 1.14 bits per heavy atom. The number of nitrogens with two attached hydrogens (primary N) is 1. The maximum absolute atomic E-state index is 12.7. The van der Waals surface area contributed by atoms with Gasteiger partial charge in [-0.25, -0.2) is 4.98 Å². The maximum atomic E-state index is 12.7. The highest BCUT2D eigenvalue weighted by atomic mass is 35.5. The Balaban J connectivity index is 0.00000210. The molecule has 160 valence electrons. The van der Waals surface area contributed by atoms with Crippen molar-refractivity contribution >= 4 is 42.2 Å². The molecule has 1 aliphatic heterocycles. The number of para-hydroxylation sites is 1. The fourth-order valence-electron chi connectivity index (χ4n) is 3.77. The van der Waals surface area contributed by atoms with E-state index >= 15 is 0 Å². The van der Waals surface area contributed by atoms with Crippen LogP contribution in [0.1, 0.15) is 31.7 Å². The van der Waals surface area contributed by atoms with Crippen molar-refractivity contribution in [3.63, 3.8) is 0 Å². The lowest BCUT2D eigenvalue weighted by atomic mass is 9.96. The summed E-state index contributed by atoms with van der Waals surface area (Å²) in [5.74, 6) is 1.85. The van der Waals surface area contributed by atoms with Crippen LogP contribution in [-0.4, -0.2) is 42.0 Å². The Hall–Kier alpha value is -1.98. The number of aromatic nitrogens is 1. The minimum atomic E-state index is 0. The number of amides is 1. The molecule has 1 fully saturated rings. The average molecular weight is 439 g/mol. The molecular weight excluding hydrogens is 407 g/mol. The molecule has 5 nitrogen and oxygen atoms in total. The highest BCUT2D eigenvalue weighted by Gasteiger charge is 2.23. The van der Waals surface area contributed by atoms with E-state index < -0.39 is 0 Å². The third-order valence-corrected chi connectivity index (χ3v) is 5.46. The van der Waals surface area contributed by atoms with Gasteiger partial charge in [-0.05, 0) is 55.9 Å². The number of aryl methyl sites for hydroxylation is 1. The first kappa shape index (κ1) is 25.1. The Morgan fingerprint density at radius 2 is 1.83 bits per heavy atom. The Bertz CT molecular complexity index is 737. The molecule has 0 radical (unpaired) electrons. The van der Waals surface area contributed by atoms with E-state index in [4.69, 9.17) is 5.73 Å². The topological polar surface area (TPSA) is 62.5 Å². The lowest BCUT2D eigenvalue weighted by Crippen LogP contribution is -2.41. The van der Waals surface area contributed by atoms with Gasteiger partial charge in [0.1, 0.15) is 5.82 Å². The number of rotatable bonds is 7. The van der Waals surface area contributed by atoms with Crippen LogP contribution in [0.25, 0.3) is 0 Å². The number of benzene rings is 1. The second-order valence-electron chi connectivity index (χ2n) is 7.25. The number of nitrogens with zero attached hydrogens (tertiary/aromatic N) is 3. The van der Waals surface area contributed by atoms with Gasteiger partial charge in [0.15, 0.2) is 0 Å². The van der Waals surface area contributed by atoms with Crippen molar-refractivity contribution in [3.05, 3.63) is 54.2 Å². The first-order chi connectivity index (χ1) is 13.2. The molecular formula is C22H32Cl2N4O. The molecule has 1 aromatic heterocycles. The number of piperidine rings is 1. The van der Waals surface area contributed by atoms with Gasteiger partial charge >= 0.3 is 0 Å². The third kappa shape index (κ3) is 7.09. The monoisotopic (exact) mass is 438 g/mol. The molecule has 0 unspecified atom stereocenters. The molecule has 0 atom stereocenters. The van der Waals surface area contributed by atoms with Crippen LogP contribution in [-0.2, 0) is 11.2 Å². The first-order valence-electron chi connectivity index (χ1n) is 9.94. The number of anilines is 2. The van der Waals surface area contributed by atoms with Crippen LogP contribution in [0.15, 0.2) is 48.7 Å². The van der Waals surface area contributed by atoms with Gasteiger partial charge in [-0.1, -0.05) is 24.3 Å². The molecule has 0 saturated carbocycles. The molecule has 2 aromatic rings. The number of carbonyl (C=O) groups excluding carboxylic acids is 1. The summed E-state index contributed by atoms with van der Waals surface area (Å²) in [7, 11) is 0. The summed E-state index contributed by atoms with van der Waals surface area (Å²) >= 11 is 0. The van der Waals surface area contributed by atoms with Crippen molar-refractivity contribution in [1.82, 2.24) is 9.88 Å². The van der Waals surface area contributed by atoms with E-state index in [9.17, 15) is 4.79 Å². The predicted octanol–water partition coefficient (Wildman–Crippen LogP) is 4.21. The molecule has 29 heavy (non-hydrogen) atoms. The van der Waals surface area contributed by atoms with E-state index in [1.165, 1.54) is 0 Å². The van der Waals surface area contributed by atoms with Crippen molar-refractivity contribution in [3.8, 4) is 0 Å². The highest BCUT2D eigenvalue weighted by molar-refractivity contribution is 5.85. The summed E-state index contributed by atoms with van der Waals surface area (Å²) in [4.78, 5) is 21.5. The Labute approximate surface area is 186 Å². The van der Waals surface area contributed by atoms with Gasteiger partial charge in [0.05, 0.1) is 0 Å². The fourth-order valence-corrected chi connectivity index (χ4v) is 3.77. The van der Waals surface area contributed by atoms with Gasteiger partial charge in [-0.2, -0.15) is 0 Å². The van der Waals surface area contributed by atoms with Crippen LogP contribution in [0.5, 0.6) is 0 Å². The van der Waals surface area contributed by atoms with Crippen LogP contribution in [0.3, 0.4) is 0 Å². The lowest BCUT2D eigenvalue weighted by Gasteiger charge is -2.35. The average Bonchev–Trinajstić information content (AvgIpc) is 2.72. The first-order valence-corrected chi connectivity index (χ1v) is 9.94. The Kier molecular flexibility index (Phi) is 10.8. The highest BCUT2D eigenvalue weighted by Crippen LogP contribution is 2.23. The summed E-state index contributed by atoms with van der Waals surface area (Å²) in [5, 5.41) is 0. The van der Waals surface area contributed by atoms with Crippen LogP contribution >= 0.6 is 24.8 Å². The summed E-state index contributed by atoms with van der Waals surface area (Å²) in [6.45, 7) is 5.71. The number of hydrogen-bond donors (Lipinski definition) is 1. The molecule has 1 amide bonds. The third-order valence-electron chi connectivity index (χ3n) is 5.46. The molecule has 2 N–H and O–H groups in total. The lowest BCUT2D eigenvalue weighted by molar-refractivity contribution is -0.131. The van der Waals surface area contributed by atoms with E-state index in [1.807, 2.05) is 47.5 Å². The van der Waals surface area contributed by atoms with Crippen molar-refractivity contribution in [1.29, 1.82) is 0 Å². The summed E-state index contributed by atoms with van der Waals surface area (Å²) < 4.78 is 0. The summed E-state index contributed by atoms with van der Waals surface area (Å²) in [6, 6.07) is 13.9. The zero-order chi connectivity index (χ0) is 19.1. The SMILES string of the molecule is CCN(CC1CCN(c2ccccn2)CC1)C(=O)CCc1ccccc1N.Cl.Cl. The number of hydrogen-bond acceptors (Lipinski definition) is 4. The molecule has 7 heteroatoms. The van der Waals surface area contributed by atoms with Gasteiger partial charge in [-0.3, -0.25) is 4.79 Å². The minimum Gasteiger partial charge on any atom is -0.399 e. The molecule has 0 aliphatic carbocycles. The smallest absolute Gasteiger partial charge is 0.222 e. The van der Waals surface area contributed by atoms with E-state index in [1.54, 1.807) is 0 Å². The van der Waals surface area contributed by atoms with Gasteiger partial charge in [-0.15, -0.1) is 24.8 Å². The van der Waals surface area contributed by atoms with Crippen LogP contribution in [0.2, 0.25) is 0 Å². The van der Waals surface area contributed by atoms with Gasteiger partial charge < -0.3 is 15.5 Å². The maximum Gasteiger partial charge on any atom is 0.222 e. The van der Waals surface area contributed by atoms with Crippen molar-refractivity contribution in [2.45, 2.75) is 32.6 Å². The second kappa shape index (κ2) is 12.6. The van der Waals surface area contributed by atoms with Crippen LogP contribution < -0.4 is 10.6 Å². The van der Waals surface area contributed by atoms with Crippen molar-refractivity contribution in [2.24, 2.45) is 5.92 Å². The van der Waals surface area contributed by atoms with E-state index in [0.717, 1.165) is 56.1 Å². The normalized spacial score (nSPS) is 13.9. The molecule has 3 rings (SSSR count). The van der Waals surface area contributed by atoms with E-state index in [0.29, 0.717) is 18.8 Å². The molecule has 0 spiro atoms. The zero-order valence-corrected chi connectivity index (χ0v) is 18.6. The number of pyridine rings is 1. The van der Waals surface area contributed by atoms with Gasteiger partial charge in [0.25, 0.3) is 0 Å². The number of halogens is 2. The molecule has 0 bridgehead atoms. The second-order valence-corrected chi connectivity index (χ2v) is 7.25. The van der Waals surface area contributed by atoms with Gasteiger partial charge in [0.2, 0.25) is 5.91 Å². The van der Waals surface area contributed by atoms with Crippen molar-refractivity contribution < 1.29 is 4.79 Å². The Morgan fingerprint density at radius 3 is 2.45 bits per heavy atom. The van der Waals surface area contributed by atoms with Crippen molar-refractivity contribution in [2.75, 3.05) is 36.8 Å². The molecule has 1 aromatic carbocycles. The van der Waals surface area contributed by atoms with Gasteiger partial charge in [0, 0.05) is 44.5 Å². The fraction of sp³-hybridized carbons (Fsp3) is 0.455. The van der Waals surface area contributed by atoms with Crippen LogP contribution in [0.4, 0.5) is 11.5 Å². The predicted molar refractivity (Wildman–Crippen MR) is 125 cm³/mol. The molecule has 1 saturated heterocycles.